The van der Waals surface area contributed by atoms with Crippen LogP contribution in [-0.2, 0) is 40.0 Å². The highest BCUT2D eigenvalue weighted by Gasteiger charge is 2.14. The molecular formula is C29H60N10O15. The number of unbranched alkanes of at least 4 members (excludes halogenated alkanes) is 1. The molecule has 0 saturated heterocycles. The number of nitrogens with one attached hydrogen (secondary N) is 1. The van der Waals surface area contributed by atoms with Crippen molar-refractivity contribution in [3.63, 3.8) is 0 Å². The van der Waals surface area contributed by atoms with Crippen LogP contribution < -0.4 is 45.9 Å². The number of aromatic amines is 1. The number of nitrogens with two attached hydrogens (primary N) is 8. The van der Waals surface area contributed by atoms with Gasteiger partial charge < -0.3 is 91.7 Å². The van der Waals surface area contributed by atoms with E-state index in [-0.39, 0.29) is 19.3 Å². The fourth-order valence-corrected chi connectivity index (χ4v) is 2.53. The maximum Gasteiger partial charge on any atom is 0.322 e. The number of primary amides is 1. The molecule has 1 aromatic rings. The topological polar surface area (TPSA) is 518 Å². The first kappa shape index (κ1) is 58.4. The second-order valence-corrected chi connectivity index (χ2v) is 11.2. The zero-order valence-corrected chi connectivity index (χ0v) is 30.3. The van der Waals surface area contributed by atoms with Crippen LogP contribution in [-0.4, -0.2) is 149 Å². The van der Waals surface area contributed by atoms with E-state index in [0.717, 1.165) is 12.8 Å². The summed E-state index contributed by atoms with van der Waals surface area (Å²) in [4.78, 5) is 76.5. The summed E-state index contributed by atoms with van der Waals surface area (Å²) in [5.74, 6) is -6.49. The number of hydrogen-bond donors (Lipinski definition) is 17. The first-order valence-electron chi connectivity index (χ1n) is 15.9. The number of aromatic nitrogens is 2. The monoisotopic (exact) mass is 788 g/mol. The Morgan fingerprint density at radius 3 is 1.26 bits per heavy atom. The number of hydrogen-bond acceptors (Lipinski definition) is 17. The van der Waals surface area contributed by atoms with Gasteiger partial charge in [-0.05, 0) is 38.1 Å². The van der Waals surface area contributed by atoms with Crippen molar-refractivity contribution in [1.29, 1.82) is 0 Å². The lowest BCUT2D eigenvalue weighted by atomic mass is 10.1. The van der Waals surface area contributed by atoms with Gasteiger partial charge in [0.05, 0.1) is 25.2 Å². The average Bonchev–Trinajstić information content (AvgIpc) is 3.60. The number of nitrogens with zero attached hydrogens (tertiary/aromatic N) is 1. The SMILES string of the molecule is CC(C)CC(N)C(=O)O.NC(=O)CCC(N)C(=O)O.NC(CO)C(=O)O.NC(CO)C(=O)O.NC(Cc1c[nH]cn1)C(=O)O.NCCCCC(N)C(=O)O. The standard InChI is InChI=1S/C6H9N3O2.C6H14N2O2.C6H13NO2.C5H10N2O3.2C3H7NO3/c7-5(6(10)11)1-4-2-8-3-9-4;7-4-2-1-3-5(8)6(9)10;1-4(2)3-5(7)6(8)9;6-3(5(9)10)1-2-4(7)8;2*4-2(1-5)3(6)7/h2-3,5H,1,7H2,(H,8,9)(H,10,11);5H,1-4,7-8H2,(H,9,10);4-5H,3,7H2,1-2H3,(H,8,9);3H,1-2,6H2,(H2,7,8)(H,9,10);2*2,5H,1,4H2,(H,6,7). The molecule has 0 aromatic carbocycles. The highest BCUT2D eigenvalue weighted by atomic mass is 16.4. The van der Waals surface area contributed by atoms with Gasteiger partial charge >= 0.3 is 35.8 Å². The Balaban J connectivity index is -0.000000179. The normalized spacial score (nSPS) is 13.1. The summed E-state index contributed by atoms with van der Waals surface area (Å²) >= 11 is 0. The highest BCUT2D eigenvalue weighted by Crippen LogP contribution is 2.01. The largest absolute Gasteiger partial charge is 0.480 e. The van der Waals surface area contributed by atoms with E-state index in [9.17, 15) is 33.6 Å². The number of rotatable bonds is 19. The third-order valence-corrected chi connectivity index (χ3v) is 5.68. The van der Waals surface area contributed by atoms with E-state index in [1.54, 1.807) is 6.20 Å². The van der Waals surface area contributed by atoms with Gasteiger partial charge in [-0.25, -0.2) is 4.98 Å². The predicted molar refractivity (Wildman–Crippen MR) is 191 cm³/mol. The predicted octanol–water partition coefficient (Wildman–Crippen LogP) is -5.22. The van der Waals surface area contributed by atoms with E-state index in [2.05, 4.69) is 9.97 Å². The van der Waals surface area contributed by atoms with Gasteiger partial charge in [0.2, 0.25) is 5.91 Å². The first-order chi connectivity index (χ1) is 24.8. The van der Waals surface area contributed by atoms with E-state index in [1.807, 2.05) is 13.8 Å². The molecule has 0 aliphatic heterocycles. The molecule has 25 N–H and O–H groups in total. The Hall–Kier alpha value is -4.86. The van der Waals surface area contributed by atoms with Gasteiger partial charge in [0.15, 0.2) is 0 Å². The van der Waals surface area contributed by atoms with Gasteiger partial charge in [-0.1, -0.05) is 20.3 Å². The van der Waals surface area contributed by atoms with Crippen molar-refractivity contribution in [2.75, 3.05) is 19.8 Å². The van der Waals surface area contributed by atoms with Gasteiger partial charge in [0, 0.05) is 19.0 Å². The van der Waals surface area contributed by atoms with Crippen molar-refractivity contribution in [1.82, 2.24) is 9.97 Å². The molecule has 25 nitrogen and oxygen atoms in total. The van der Waals surface area contributed by atoms with Crippen molar-refractivity contribution in [2.24, 2.45) is 51.8 Å². The smallest absolute Gasteiger partial charge is 0.322 e. The summed E-state index contributed by atoms with van der Waals surface area (Å²) in [7, 11) is 0. The second kappa shape index (κ2) is 36.5. The quantitative estimate of drug-likeness (QED) is 0.0582. The van der Waals surface area contributed by atoms with Gasteiger partial charge in [0.25, 0.3) is 0 Å². The second-order valence-electron chi connectivity index (χ2n) is 11.2. The summed E-state index contributed by atoms with van der Waals surface area (Å²) in [5, 5.41) is 65.1. The van der Waals surface area contributed by atoms with Crippen LogP contribution in [0.25, 0.3) is 0 Å². The number of amides is 1. The van der Waals surface area contributed by atoms with Crippen molar-refractivity contribution in [3.05, 3.63) is 18.2 Å². The number of imidazole rings is 1. The lowest BCUT2D eigenvalue weighted by Gasteiger charge is -2.07. The molecule has 25 heteroatoms. The third kappa shape index (κ3) is 43.3. The highest BCUT2D eigenvalue weighted by molar-refractivity contribution is 5.77. The van der Waals surface area contributed by atoms with Crippen molar-refractivity contribution >= 4 is 41.7 Å². The minimum Gasteiger partial charge on any atom is -0.480 e. The Bertz CT molecular complexity index is 1160. The molecule has 0 spiro atoms. The molecule has 1 amide bonds. The number of carboxylic acids is 6. The maximum absolute atomic E-state index is 10.3. The number of aliphatic hydroxyl groups is 2. The van der Waals surface area contributed by atoms with Crippen molar-refractivity contribution in [3.8, 4) is 0 Å². The number of carboxylic acid groups (broad SMARTS) is 6. The fraction of sp³-hybridized carbons (Fsp3) is 0.655. The summed E-state index contributed by atoms with van der Waals surface area (Å²) in [6, 6.07) is -5.50. The molecule has 0 aliphatic rings. The summed E-state index contributed by atoms with van der Waals surface area (Å²) in [6.07, 6.45) is 6.22. The van der Waals surface area contributed by atoms with Crippen LogP contribution in [0.1, 0.15) is 58.1 Å². The Morgan fingerprint density at radius 1 is 0.630 bits per heavy atom. The average molecular weight is 789 g/mol. The van der Waals surface area contributed by atoms with Gasteiger partial charge in [0.1, 0.15) is 36.3 Å². The van der Waals surface area contributed by atoms with E-state index < -0.39 is 91.2 Å². The van der Waals surface area contributed by atoms with E-state index in [4.69, 9.17) is 86.7 Å². The molecule has 0 saturated carbocycles. The zero-order chi connectivity index (χ0) is 43.6. The molecular weight excluding hydrogens is 728 g/mol. The number of H-pyrrole nitrogens is 1. The van der Waals surface area contributed by atoms with Crippen LogP contribution in [0.3, 0.4) is 0 Å². The third-order valence-electron chi connectivity index (χ3n) is 5.68. The van der Waals surface area contributed by atoms with Gasteiger partial charge in [-0.15, -0.1) is 0 Å². The van der Waals surface area contributed by atoms with Crippen LogP contribution in [0.2, 0.25) is 0 Å². The summed E-state index contributed by atoms with van der Waals surface area (Å²) in [6.45, 7) is 3.49. The van der Waals surface area contributed by atoms with Crippen LogP contribution >= 0.6 is 0 Å². The van der Waals surface area contributed by atoms with Gasteiger partial charge in [-0.2, -0.15) is 0 Å². The Morgan fingerprint density at radius 2 is 1.02 bits per heavy atom. The maximum atomic E-state index is 10.3. The van der Waals surface area contributed by atoms with Crippen molar-refractivity contribution in [2.45, 2.75) is 95.0 Å². The summed E-state index contributed by atoms with van der Waals surface area (Å²) in [5.41, 5.74) is 40.9. The first-order valence-corrected chi connectivity index (χ1v) is 15.9. The molecule has 54 heavy (non-hydrogen) atoms. The summed E-state index contributed by atoms with van der Waals surface area (Å²) < 4.78 is 0. The zero-order valence-electron chi connectivity index (χ0n) is 30.3. The minimum absolute atomic E-state index is 0.0213. The number of aliphatic hydroxyl groups excluding tert-OH is 2. The molecule has 0 fully saturated rings. The lowest BCUT2D eigenvalue weighted by molar-refractivity contribution is -0.140. The Kier molecular flexibility index (Phi) is 39.5. The molecule has 1 heterocycles. The fourth-order valence-electron chi connectivity index (χ4n) is 2.53. The van der Waals surface area contributed by atoms with Crippen LogP contribution in [0.4, 0.5) is 0 Å². The molecule has 1 aromatic heterocycles. The Labute approximate surface area is 311 Å². The van der Waals surface area contributed by atoms with E-state index in [1.165, 1.54) is 6.33 Å². The van der Waals surface area contributed by atoms with Gasteiger partial charge in [-0.3, -0.25) is 33.6 Å². The minimum atomic E-state index is -1.18. The molecule has 0 radical (unpaired) electrons. The lowest BCUT2D eigenvalue weighted by Crippen LogP contribution is -2.33. The van der Waals surface area contributed by atoms with Crippen LogP contribution in [0.15, 0.2) is 12.5 Å². The van der Waals surface area contributed by atoms with E-state index >= 15 is 0 Å². The molecule has 316 valence electrons. The number of carbonyl (C=O) groups excluding carboxylic acids is 1. The molecule has 0 aliphatic carbocycles. The van der Waals surface area contributed by atoms with E-state index in [0.29, 0.717) is 31.0 Å². The van der Waals surface area contributed by atoms with Crippen molar-refractivity contribution < 1.29 is 74.4 Å². The van der Waals surface area contributed by atoms with Crippen LogP contribution in [0.5, 0.6) is 0 Å². The number of aliphatic carboxylic acids is 6. The molecule has 1 rings (SSSR count). The van der Waals surface area contributed by atoms with Crippen LogP contribution in [0, 0.1) is 5.92 Å². The molecule has 6 unspecified atom stereocenters. The molecule has 0 bridgehead atoms. The molecule has 6 atom stereocenters. The number of carbonyl (C=O) groups is 7.